The second kappa shape index (κ2) is 9.95. The third-order valence-corrected chi connectivity index (χ3v) is 4.48. The minimum absolute atomic E-state index is 0.0501. The van der Waals surface area contributed by atoms with Crippen LogP contribution in [-0.4, -0.2) is 48.4 Å². The van der Waals surface area contributed by atoms with Crippen LogP contribution in [0.5, 0.6) is 0 Å². The number of hydrogen-bond acceptors (Lipinski definition) is 6. The summed E-state index contributed by atoms with van der Waals surface area (Å²) in [5.74, 6) is 0.0563. The SMILES string of the molecule is CC(C)COC(=O)OC(=O)CC1CCN(C(=O)OC(C)(C)C)CC1C(C)C. The average Bonchev–Trinajstić information content (AvgIpc) is 2.51. The van der Waals surface area contributed by atoms with Crippen LogP contribution in [0, 0.1) is 23.7 Å². The molecule has 156 valence electrons. The Labute approximate surface area is 162 Å². The van der Waals surface area contributed by atoms with Crippen LogP contribution in [0.3, 0.4) is 0 Å². The van der Waals surface area contributed by atoms with Crippen molar-refractivity contribution >= 4 is 18.2 Å². The highest BCUT2D eigenvalue weighted by Gasteiger charge is 2.36. The van der Waals surface area contributed by atoms with E-state index in [2.05, 4.69) is 13.8 Å². The van der Waals surface area contributed by atoms with E-state index in [0.717, 1.165) is 0 Å². The summed E-state index contributed by atoms with van der Waals surface area (Å²) in [6.07, 6.45) is -0.465. The standard InChI is InChI=1S/C20H35NO6/c1-13(2)12-25-19(24)26-17(22)10-15-8-9-21(11-16(15)14(3)4)18(23)27-20(5,6)7/h13-16H,8-12H2,1-7H3. The molecule has 0 aromatic heterocycles. The van der Waals surface area contributed by atoms with Gasteiger partial charge in [-0.25, -0.2) is 9.59 Å². The van der Waals surface area contributed by atoms with Crippen LogP contribution in [-0.2, 0) is 19.0 Å². The maximum absolute atomic E-state index is 12.3. The number of ether oxygens (including phenoxy) is 3. The highest BCUT2D eigenvalue weighted by molar-refractivity contribution is 5.82. The summed E-state index contributed by atoms with van der Waals surface area (Å²) in [7, 11) is 0. The summed E-state index contributed by atoms with van der Waals surface area (Å²) in [6, 6.07) is 0. The molecule has 1 fully saturated rings. The molecule has 0 bridgehead atoms. The number of hydrogen-bond donors (Lipinski definition) is 0. The number of carbonyl (C=O) groups is 3. The van der Waals surface area contributed by atoms with E-state index in [9.17, 15) is 14.4 Å². The number of amides is 1. The molecule has 2 atom stereocenters. The van der Waals surface area contributed by atoms with Gasteiger partial charge in [0, 0.05) is 19.5 Å². The normalized spacial score (nSPS) is 20.6. The predicted molar refractivity (Wildman–Crippen MR) is 101 cm³/mol. The lowest BCUT2D eigenvalue weighted by Crippen LogP contribution is -2.47. The van der Waals surface area contributed by atoms with Crippen molar-refractivity contribution in [1.82, 2.24) is 4.90 Å². The Kier molecular flexibility index (Phi) is 8.57. The van der Waals surface area contributed by atoms with Gasteiger partial charge in [0.25, 0.3) is 0 Å². The van der Waals surface area contributed by atoms with E-state index in [-0.39, 0.29) is 42.8 Å². The van der Waals surface area contributed by atoms with Gasteiger partial charge in [0.2, 0.25) is 0 Å². The number of carbonyl (C=O) groups excluding carboxylic acids is 3. The lowest BCUT2D eigenvalue weighted by atomic mass is 9.77. The predicted octanol–water partition coefficient (Wildman–Crippen LogP) is 4.24. The summed E-state index contributed by atoms with van der Waals surface area (Å²) in [6.45, 7) is 14.7. The molecular weight excluding hydrogens is 350 g/mol. The molecule has 1 heterocycles. The first kappa shape index (κ1) is 23.2. The summed E-state index contributed by atoms with van der Waals surface area (Å²) >= 11 is 0. The number of esters is 1. The van der Waals surface area contributed by atoms with Gasteiger partial charge in [0.1, 0.15) is 5.60 Å². The molecule has 1 aliphatic heterocycles. The molecule has 0 saturated carbocycles. The van der Waals surface area contributed by atoms with Crippen LogP contribution < -0.4 is 0 Å². The fourth-order valence-electron chi connectivity index (χ4n) is 3.14. The van der Waals surface area contributed by atoms with E-state index in [4.69, 9.17) is 14.2 Å². The number of likely N-dealkylation sites (tertiary alicyclic amines) is 1. The highest BCUT2D eigenvalue weighted by Crippen LogP contribution is 2.33. The van der Waals surface area contributed by atoms with E-state index < -0.39 is 17.7 Å². The first-order chi connectivity index (χ1) is 12.4. The van der Waals surface area contributed by atoms with Crippen molar-refractivity contribution in [3.63, 3.8) is 0 Å². The highest BCUT2D eigenvalue weighted by atomic mass is 16.7. The topological polar surface area (TPSA) is 82.1 Å². The Balaban J connectivity index is 2.60. The second-order valence-electron chi connectivity index (χ2n) is 9.02. The Bertz CT molecular complexity index is 523. The first-order valence-electron chi connectivity index (χ1n) is 9.74. The molecule has 0 radical (unpaired) electrons. The molecule has 0 aliphatic carbocycles. The minimum Gasteiger partial charge on any atom is -0.444 e. The van der Waals surface area contributed by atoms with Crippen LogP contribution in [0.1, 0.15) is 61.3 Å². The zero-order valence-electron chi connectivity index (χ0n) is 17.7. The van der Waals surface area contributed by atoms with Crippen LogP contribution >= 0.6 is 0 Å². The number of rotatable bonds is 5. The third-order valence-electron chi connectivity index (χ3n) is 4.48. The van der Waals surface area contributed by atoms with E-state index in [1.54, 1.807) is 4.90 Å². The van der Waals surface area contributed by atoms with Crippen molar-refractivity contribution in [1.29, 1.82) is 0 Å². The summed E-state index contributed by atoms with van der Waals surface area (Å²) in [4.78, 5) is 37.7. The zero-order chi connectivity index (χ0) is 20.8. The van der Waals surface area contributed by atoms with Gasteiger partial charge in [-0.05, 0) is 50.9 Å². The molecule has 7 nitrogen and oxygen atoms in total. The lowest BCUT2D eigenvalue weighted by molar-refractivity contribution is -0.142. The van der Waals surface area contributed by atoms with Gasteiger partial charge in [-0.2, -0.15) is 0 Å². The minimum atomic E-state index is -0.944. The molecule has 0 N–H and O–H groups in total. The molecule has 0 spiro atoms. The van der Waals surface area contributed by atoms with Crippen LogP contribution in [0.4, 0.5) is 9.59 Å². The maximum Gasteiger partial charge on any atom is 0.516 e. The molecule has 27 heavy (non-hydrogen) atoms. The fraction of sp³-hybridized carbons (Fsp3) is 0.850. The van der Waals surface area contributed by atoms with Crippen molar-refractivity contribution in [2.24, 2.45) is 23.7 Å². The molecule has 1 aliphatic rings. The monoisotopic (exact) mass is 385 g/mol. The van der Waals surface area contributed by atoms with Crippen molar-refractivity contribution in [3.05, 3.63) is 0 Å². The van der Waals surface area contributed by atoms with Crippen LogP contribution in [0.25, 0.3) is 0 Å². The van der Waals surface area contributed by atoms with E-state index in [1.807, 2.05) is 34.6 Å². The summed E-state index contributed by atoms with van der Waals surface area (Å²) in [5, 5.41) is 0. The van der Waals surface area contributed by atoms with Gasteiger partial charge in [-0.1, -0.05) is 27.7 Å². The zero-order valence-corrected chi connectivity index (χ0v) is 17.7. The fourth-order valence-corrected chi connectivity index (χ4v) is 3.14. The van der Waals surface area contributed by atoms with Crippen molar-refractivity contribution < 1.29 is 28.6 Å². The van der Waals surface area contributed by atoms with Gasteiger partial charge in [0.05, 0.1) is 6.61 Å². The van der Waals surface area contributed by atoms with Gasteiger partial charge in [-0.15, -0.1) is 0 Å². The molecular formula is C20H35NO6. The molecule has 7 heteroatoms. The Morgan fingerprint density at radius 1 is 1.11 bits per heavy atom. The molecule has 1 saturated heterocycles. The summed E-state index contributed by atoms with van der Waals surface area (Å²) < 4.78 is 15.1. The quantitative estimate of drug-likeness (QED) is 0.520. The molecule has 0 aromatic carbocycles. The first-order valence-corrected chi connectivity index (χ1v) is 9.74. The summed E-state index contributed by atoms with van der Waals surface area (Å²) in [5.41, 5.74) is -0.540. The number of piperidine rings is 1. The third kappa shape index (κ3) is 8.63. The maximum atomic E-state index is 12.3. The van der Waals surface area contributed by atoms with Crippen LogP contribution in [0.15, 0.2) is 0 Å². The largest absolute Gasteiger partial charge is 0.516 e. The van der Waals surface area contributed by atoms with E-state index in [1.165, 1.54) is 0 Å². The van der Waals surface area contributed by atoms with Gasteiger partial charge in [-0.3, -0.25) is 4.79 Å². The van der Waals surface area contributed by atoms with Gasteiger partial charge < -0.3 is 19.1 Å². The van der Waals surface area contributed by atoms with Crippen molar-refractivity contribution in [2.45, 2.75) is 66.9 Å². The average molecular weight is 386 g/mol. The Morgan fingerprint density at radius 2 is 1.74 bits per heavy atom. The molecule has 1 rings (SSSR count). The lowest BCUT2D eigenvalue weighted by Gasteiger charge is -2.40. The Morgan fingerprint density at radius 3 is 2.26 bits per heavy atom. The second-order valence-corrected chi connectivity index (χ2v) is 9.02. The van der Waals surface area contributed by atoms with Crippen molar-refractivity contribution in [3.8, 4) is 0 Å². The molecule has 0 aromatic rings. The van der Waals surface area contributed by atoms with Crippen molar-refractivity contribution in [2.75, 3.05) is 19.7 Å². The van der Waals surface area contributed by atoms with E-state index >= 15 is 0 Å². The number of nitrogens with zero attached hydrogens (tertiary/aromatic N) is 1. The molecule has 1 amide bonds. The van der Waals surface area contributed by atoms with E-state index in [0.29, 0.717) is 19.5 Å². The smallest absolute Gasteiger partial charge is 0.444 e. The van der Waals surface area contributed by atoms with Gasteiger partial charge in [0.15, 0.2) is 0 Å². The van der Waals surface area contributed by atoms with Gasteiger partial charge >= 0.3 is 18.2 Å². The Hall–Kier alpha value is -1.79. The van der Waals surface area contributed by atoms with Crippen LogP contribution in [0.2, 0.25) is 0 Å². The molecule has 2 unspecified atom stereocenters.